The number of nitrogens with one attached hydrogen (secondary N) is 1. The van der Waals surface area contributed by atoms with Crippen LogP contribution in [0.25, 0.3) is 11.4 Å². The Morgan fingerprint density at radius 3 is 2.72 bits per heavy atom. The van der Waals surface area contributed by atoms with Crippen LogP contribution in [-0.4, -0.2) is 27.6 Å². The van der Waals surface area contributed by atoms with E-state index in [0.29, 0.717) is 5.82 Å². The van der Waals surface area contributed by atoms with Gasteiger partial charge in [-0.1, -0.05) is 0 Å². The number of hydrogen-bond acceptors (Lipinski definition) is 5. The molecule has 0 spiro atoms. The third kappa shape index (κ3) is 3.12. The highest BCUT2D eigenvalue weighted by atomic mass is 32.1. The molecule has 0 unspecified atom stereocenters. The van der Waals surface area contributed by atoms with E-state index in [9.17, 15) is 9.90 Å². The van der Waals surface area contributed by atoms with Crippen LogP contribution in [0.5, 0.6) is 0 Å². The zero-order valence-electron chi connectivity index (χ0n) is 14.0. The first kappa shape index (κ1) is 16.4. The molecule has 0 bridgehead atoms. The number of anilines is 1. The molecule has 0 saturated carbocycles. The highest BCUT2D eigenvalue weighted by Crippen LogP contribution is 2.43. The fourth-order valence-electron chi connectivity index (χ4n) is 3.75. The summed E-state index contributed by atoms with van der Waals surface area (Å²) in [5.74, 6) is 0.595. The van der Waals surface area contributed by atoms with Crippen LogP contribution in [-0.2, 0) is 17.6 Å². The van der Waals surface area contributed by atoms with Gasteiger partial charge in [0.15, 0.2) is 5.82 Å². The second-order valence-electron chi connectivity index (χ2n) is 6.54. The lowest BCUT2D eigenvalue weighted by Crippen LogP contribution is -2.15. The summed E-state index contributed by atoms with van der Waals surface area (Å²) in [6.45, 7) is -0.0294. The Bertz CT molecular complexity index is 827. The van der Waals surface area contributed by atoms with Crippen LogP contribution in [0.3, 0.4) is 0 Å². The number of aromatic nitrogens is 2. The van der Waals surface area contributed by atoms with Crippen molar-refractivity contribution in [2.45, 2.75) is 44.9 Å². The molecule has 2 heterocycles. The molecule has 5 nitrogen and oxygen atoms in total. The maximum Gasteiger partial charge on any atom is 0.252 e. The van der Waals surface area contributed by atoms with Gasteiger partial charge in [-0.2, -0.15) is 0 Å². The molecule has 0 aliphatic heterocycles. The molecule has 0 radical (unpaired) electrons. The molecule has 25 heavy (non-hydrogen) atoms. The van der Waals surface area contributed by atoms with Gasteiger partial charge in [0.1, 0.15) is 5.00 Å². The van der Waals surface area contributed by atoms with Crippen molar-refractivity contribution >= 4 is 22.2 Å². The average molecular weight is 355 g/mol. The molecule has 2 aromatic heterocycles. The van der Waals surface area contributed by atoms with E-state index in [1.807, 2.05) is 0 Å². The Labute approximate surface area is 150 Å². The number of nitrogens with zero attached hydrogens (tertiary/aromatic N) is 2. The Balaban J connectivity index is 1.72. The molecule has 2 aromatic rings. The fraction of sp³-hybridized carbons (Fsp3) is 0.421. The summed E-state index contributed by atoms with van der Waals surface area (Å²) in [5, 5.41) is 13.4. The van der Waals surface area contributed by atoms with Gasteiger partial charge in [0.05, 0.1) is 12.2 Å². The maximum atomic E-state index is 12.8. The number of fused-ring (bicyclic) bond motifs is 1. The molecule has 0 saturated heterocycles. The predicted molar refractivity (Wildman–Crippen MR) is 98.6 cm³/mol. The number of aliphatic hydroxyl groups excluding tert-OH is 1. The smallest absolute Gasteiger partial charge is 0.252 e. The fourth-order valence-corrected chi connectivity index (χ4v) is 5.03. The summed E-state index contributed by atoms with van der Waals surface area (Å²) < 4.78 is 0. The number of aryl methyl sites for hydroxylation is 1. The van der Waals surface area contributed by atoms with Crippen LogP contribution < -0.4 is 5.32 Å². The van der Waals surface area contributed by atoms with E-state index in [1.54, 1.807) is 29.8 Å². The van der Waals surface area contributed by atoms with Crippen molar-refractivity contribution in [2.75, 3.05) is 11.9 Å². The molecule has 2 aliphatic rings. The number of aliphatic hydroxyl groups is 1. The van der Waals surface area contributed by atoms with Gasteiger partial charge in [0.25, 0.3) is 5.91 Å². The van der Waals surface area contributed by atoms with Crippen molar-refractivity contribution in [1.29, 1.82) is 0 Å². The van der Waals surface area contributed by atoms with E-state index in [4.69, 9.17) is 0 Å². The second kappa shape index (κ2) is 7.06. The minimum absolute atomic E-state index is 0.0294. The summed E-state index contributed by atoms with van der Waals surface area (Å²) in [4.78, 5) is 22.9. The van der Waals surface area contributed by atoms with Gasteiger partial charge in [-0.3, -0.25) is 4.79 Å². The molecule has 0 aromatic carbocycles. The number of carbonyl (C=O) groups is 1. The molecule has 4 rings (SSSR count). The first-order valence-electron chi connectivity index (χ1n) is 8.83. The van der Waals surface area contributed by atoms with Crippen molar-refractivity contribution in [3.63, 3.8) is 0 Å². The van der Waals surface area contributed by atoms with Crippen LogP contribution in [0.15, 0.2) is 29.6 Å². The third-order valence-corrected chi connectivity index (χ3v) is 6.19. The van der Waals surface area contributed by atoms with E-state index in [2.05, 4.69) is 15.3 Å². The lowest BCUT2D eigenvalue weighted by Gasteiger charge is -2.12. The van der Waals surface area contributed by atoms with E-state index in [-0.39, 0.29) is 12.5 Å². The summed E-state index contributed by atoms with van der Waals surface area (Å²) in [5.41, 5.74) is 3.89. The summed E-state index contributed by atoms with van der Waals surface area (Å²) in [6, 6.07) is 1.80. The number of hydrogen-bond donors (Lipinski definition) is 2. The zero-order valence-corrected chi connectivity index (χ0v) is 14.9. The number of thiophene rings is 1. The normalized spacial score (nSPS) is 16.8. The number of rotatable bonds is 4. The maximum absolute atomic E-state index is 12.8. The largest absolute Gasteiger partial charge is 0.392 e. The van der Waals surface area contributed by atoms with Crippen LogP contribution in [0, 0.1) is 0 Å². The molecular formula is C19H21N3O2S. The summed E-state index contributed by atoms with van der Waals surface area (Å²) in [7, 11) is 0. The minimum Gasteiger partial charge on any atom is -0.392 e. The Morgan fingerprint density at radius 2 is 1.92 bits per heavy atom. The molecule has 6 heteroatoms. The zero-order chi connectivity index (χ0) is 17.2. The minimum atomic E-state index is -0.0858. The molecule has 2 aliphatic carbocycles. The molecular weight excluding hydrogens is 334 g/mol. The lowest BCUT2D eigenvalue weighted by molar-refractivity contribution is -0.113. The Kier molecular flexibility index (Phi) is 4.63. The average Bonchev–Trinajstić information content (AvgIpc) is 3.26. The quantitative estimate of drug-likeness (QED) is 0.880. The third-order valence-electron chi connectivity index (χ3n) is 4.98. The van der Waals surface area contributed by atoms with E-state index >= 15 is 0 Å². The van der Waals surface area contributed by atoms with Gasteiger partial charge in [0, 0.05) is 22.8 Å². The summed E-state index contributed by atoms with van der Waals surface area (Å²) >= 11 is 1.66. The van der Waals surface area contributed by atoms with Crippen molar-refractivity contribution < 1.29 is 9.90 Å². The molecule has 0 atom stereocenters. The van der Waals surface area contributed by atoms with Crippen LogP contribution in [0.4, 0.5) is 5.00 Å². The van der Waals surface area contributed by atoms with E-state index in [0.717, 1.165) is 60.2 Å². The number of carbonyl (C=O) groups excluding carboxylic acids is 1. The highest BCUT2D eigenvalue weighted by Gasteiger charge is 2.26. The second-order valence-corrected chi connectivity index (χ2v) is 7.64. The van der Waals surface area contributed by atoms with Crippen LogP contribution in [0.1, 0.15) is 42.5 Å². The standard InChI is InChI=1S/C19H21N3O2S/c23-11-12-5-3-7-13(12)18(24)22-19-16(17-20-9-4-10-21-17)14-6-1-2-8-15(14)25-19/h4,9-10,23H,1-3,5-8,11H2,(H,22,24). The van der Waals surface area contributed by atoms with Crippen molar-refractivity contribution in [1.82, 2.24) is 9.97 Å². The van der Waals surface area contributed by atoms with Gasteiger partial charge < -0.3 is 10.4 Å². The number of amides is 1. The molecule has 2 N–H and O–H groups in total. The predicted octanol–water partition coefficient (Wildman–Crippen LogP) is 3.50. The Hall–Kier alpha value is -2.05. The van der Waals surface area contributed by atoms with Gasteiger partial charge in [-0.25, -0.2) is 9.97 Å². The van der Waals surface area contributed by atoms with Crippen LogP contribution >= 0.6 is 11.3 Å². The topological polar surface area (TPSA) is 75.1 Å². The van der Waals surface area contributed by atoms with Gasteiger partial charge >= 0.3 is 0 Å². The van der Waals surface area contributed by atoms with Crippen molar-refractivity contribution in [2.24, 2.45) is 0 Å². The van der Waals surface area contributed by atoms with E-state index < -0.39 is 0 Å². The first-order valence-corrected chi connectivity index (χ1v) is 9.64. The first-order chi connectivity index (χ1) is 12.3. The molecule has 0 fully saturated rings. The van der Waals surface area contributed by atoms with Crippen LogP contribution in [0.2, 0.25) is 0 Å². The SMILES string of the molecule is O=C(Nc1sc2c(c1-c1ncccn1)CCCC2)C1=C(CO)CCC1. The monoisotopic (exact) mass is 355 g/mol. The van der Waals surface area contributed by atoms with Crippen molar-refractivity contribution in [3.05, 3.63) is 40.0 Å². The molecule has 130 valence electrons. The van der Waals surface area contributed by atoms with Gasteiger partial charge in [0.2, 0.25) is 0 Å². The highest BCUT2D eigenvalue weighted by molar-refractivity contribution is 7.17. The van der Waals surface area contributed by atoms with E-state index in [1.165, 1.54) is 16.9 Å². The summed E-state index contributed by atoms with van der Waals surface area (Å²) in [6.07, 6.45) is 10.4. The van der Waals surface area contributed by atoms with Crippen molar-refractivity contribution in [3.8, 4) is 11.4 Å². The molecule has 1 amide bonds. The Morgan fingerprint density at radius 1 is 1.12 bits per heavy atom. The van der Waals surface area contributed by atoms with Gasteiger partial charge in [-0.05, 0) is 62.1 Å². The van der Waals surface area contributed by atoms with Gasteiger partial charge in [-0.15, -0.1) is 11.3 Å². The lowest BCUT2D eigenvalue weighted by atomic mass is 9.95.